The normalized spacial score (nSPS) is 12.9. The zero-order valence-electron chi connectivity index (χ0n) is 23.4. The minimum Gasteiger partial charge on any atom is -0.744 e. The summed E-state index contributed by atoms with van der Waals surface area (Å²) >= 11 is 0. The molecule has 0 saturated heterocycles. The molecule has 1 aromatic heterocycles. The second-order valence-corrected chi connectivity index (χ2v) is 13.5. The number of fused-ring (bicyclic) bond motifs is 1. The molecule has 0 spiro atoms. The van der Waals surface area contributed by atoms with E-state index in [0.717, 1.165) is 23.1 Å². The molecule has 0 radical (unpaired) electrons. The summed E-state index contributed by atoms with van der Waals surface area (Å²) in [5.74, 6) is 0.0427. The molecule has 9 heteroatoms. The molecule has 4 rings (SSSR count). The van der Waals surface area contributed by atoms with Crippen LogP contribution < -0.4 is 29.6 Å². The zero-order valence-corrected chi connectivity index (χ0v) is 26.2. The van der Waals surface area contributed by atoms with Gasteiger partial charge in [-0.25, -0.2) is 8.42 Å². The van der Waals surface area contributed by atoms with Crippen LogP contribution >= 0.6 is 0 Å². The fraction of sp³-hybridized carbons (Fsp3) is 0.379. The maximum absolute atomic E-state index is 11.6. The molecule has 0 bridgehead atoms. The summed E-state index contributed by atoms with van der Waals surface area (Å²) in [6, 6.07) is 17.8. The second-order valence-electron chi connectivity index (χ2n) is 12.1. The van der Waals surface area contributed by atoms with Crippen LogP contribution in [0.2, 0.25) is 0 Å². The average Bonchev–Trinajstić information content (AvgIpc) is 3.20. The van der Waals surface area contributed by atoms with E-state index in [1.165, 1.54) is 23.0 Å². The van der Waals surface area contributed by atoms with E-state index in [1.807, 2.05) is 36.4 Å². The van der Waals surface area contributed by atoms with Crippen molar-refractivity contribution in [1.29, 1.82) is 0 Å². The van der Waals surface area contributed by atoms with Gasteiger partial charge < -0.3 is 9.66 Å². The monoisotopic (exact) mass is 543 g/mol. The summed E-state index contributed by atoms with van der Waals surface area (Å²) in [7, 11) is -4.63. The molecule has 0 unspecified atom stereocenters. The van der Waals surface area contributed by atoms with Gasteiger partial charge in [0.1, 0.15) is 32.6 Å². The van der Waals surface area contributed by atoms with Gasteiger partial charge in [0, 0.05) is 11.0 Å². The van der Waals surface area contributed by atoms with Gasteiger partial charge in [-0.1, -0.05) is 84.9 Å². The van der Waals surface area contributed by atoms with E-state index >= 15 is 0 Å². The Morgan fingerprint density at radius 2 is 1.45 bits per heavy atom. The van der Waals surface area contributed by atoms with Gasteiger partial charge in [0.2, 0.25) is 0 Å². The van der Waals surface area contributed by atoms with Crippen molar-refractivity contribution in [1.82, 2.24) is 15.0 Å². The van der Waals surface area contributed by atoms with E-state index in [0.29, 0.717) is 11.2 Å². The first kappa shape index (κ1) is 30.3. The number of phenols is 1. The van der Waals surface area contributed by atoms with Crippen LogP contribution in [0.25, 0.3) is 16.7 Å². The maximum Gasteiger partial charge on any atom is 1.00 e. The predicted molar refractivity (Wildman–Crippen MR) is 144 cm³/mol. The molecular formula is C29H34N3NaO4S. The molecule has 1 N–H and O–H groups in total. The molecule has 0 aliphatic heterocycles. The molecule has 7 nitrogen and oxygen atoms in total. The standard InChI is InChI=1S/C29H35N3O4S.Na/c1-27(2,3)18-28(4,5)20-15-22(29(6,7)19-11-9-8-10-12-19)26(33)25(16-20)32-30-23-14-13-21(37(34,35)36)17-24(23)31-32;/h8-17,33H,18H2,1-7H3,(H,34,35,36);/q;+1/p-1. The molecule has 0 aliphatic rings. The number of rotatable bonds is 6. The molecule has 0 aliphatic carbocycles. The number of aromatic hydroxyl groups is 1. The largest absolute Gasteiger partial charge is 1.00 e. The fourth-order valence-corrected chi connectivity index (χ4v) is 5.73. The Labute approximate surface area is 247 Å². The molecule has 0 fully saturated rings. The van der Waals surface area contributed by atoms with E-state index < -0.39 is 15.5 Å². The smallest absolute Gasteiger partial charge is 0.744 e. The topological polar surface area (TPSA) is 108 Å². The Kier molecular flexibility index (Phi) is 8.29. The Bertz CT molecular complexity index is 1570. The number of nitrogens with zero attached hydrogens (tertiary/aromatic N) is 3. The van der Waals surface area contributed by atoms with Crippen molar-refractivity contribution >= 4 is 21.2 Å². The molecule has 0 atom stereocenters. The molecule has 38 heavy (non-hydrogen) atoms. The van der Waals surface area contributed by atoms with Crippen LogP contribution in [0.5, 0.6) is 5.75 Å². The van der Waals surface area contributed by atoms with E-state index in [1.54, 1.807) is 0 Å². The quantitative estimate of drug-likeness (QED) is 0.296. The van der Waals surface area contributed by atoms with Crippen molar-refractivity contribution in [3.63, 3.8) is 0 Å². The van der Waals surface area contributed by atoms with Gasteiger partial charge in [0.15, 0.2) is 0 Å². The van der Waals surface area contributed by atoms with Crippen molar-refractivity contribution < 1.29 is 47.6 Å². The van der Waals surface area contributed by atoms with Crippen LogP contribution in [0.4, 0.5) is 0 Å². The first-order valence-electron chi connectivity index (χ1n) is 12.3. The van der Waals surface area contributed by atoms with Crippen molar-refractivity contribution in [3.05, 3.63) is 77.4 Å². The minimum absolute atomic E-state index is 0. The summed E-state index contributed by atoms with van der Waals surface area (Å²) in [6.45, 7) is 15.1. The summed E-state index contributed by atoms with van der Waals surface area (Å²) in [6.07, 6.45) is 0.897. The molecular weight excluding hydrogens is 509 g/mol. The van der Waals surface area contributed by atoms with Crippen LogP contribution in [0, 0.1) is 5.41 Å². The Morgan fingerprint density at radius 3 is 2.03 bits per heavy atom. The predicted octanol–water partition coefficient (Wildman–Crippen LogP) is 3.07. The van der Waals surface area contributed by atoms with Crippen molar-refractivity contribution in [2.24, 2.45) is 5.41 Å². The zero-order chi connectivity index (χ0) is 27.4. The van der Waals surface area contributed by atoms with E-state index in [-0.39, 0.29) is 56.5 Å². The second kappa shape index (κ2) is 10.4. The van der Waals surface area contributed by atoms with Gasteiger partial charge >= 0.3 is 29.6 Å². The summed E-state index contributed by atoms with van der Waals surface area (Å²) in [5, 5.41) is 20.6. The van der Waals surface area contributed by atoms with Crippen molar-refractivity contribution in [2.75, 3.05) is 0 Å². The Balaban J connectivity index is 0.00000400. The maximum atomic E-state index is 11.6. The summed E-state index contributed by atoms with van der Waals surface area (Å²) in [4.78, 5) is 0.949. The van der Waals surface area contributed by atoms with Crippen LogP contribution in [-0.2, 0) is 20.9 Å². The van der Waals surface area contributed by atoms with Gasteiger partial charge in [-0.05, 0) is 52.6 Å². The SMILES string of the molecule is CC(C)(C)CC(C)(C)c1cc(-n2nc3ccc(S(=O)(=O)[O-])cc3n2)c(O)c(C(C)(C)c2ccccc2)c1.[Na+]. The average molecular weight is 544 g/mol. The third kappa shape index (κ3) is 6.15. The van der Waals surface area contributed by atoms with E-state index in [2.05, 4.69) is 64.7 Å². The molecule has 0 amide bonds. The van der Waals surface area contributed by atoms with Crippen LogP contribution in [-0.4, -0.2) is 33.1 Å². The van der Waals surface area contributed by atoms with Gasteiger partial charge in [-0.2, -0.15) is 0 Å². The van der Waals surface area contributed by atoms with Gasteiger partial charge in [0.05, 0.1) is 4.90 Å². The van der Waals surface area contributed by atoms with E-state index in [4.69, 9.17) is 0 Å². The minimum atomic E-state index is -4.63. The Hall–Kier alpha value is -2.23. The van der Waals surface area contributed by atoms with Crippen LogP contribution in [0.15, 0.2) is 65.6 Å². The van der Waals surface area contributed by atoms with Gasteiger partial charge in [0.25, 0.3) is 0 Å². The molecule has 196 valence electrons. The number of aromatic nitrogens is 3. The van der Waals surface area contributed by atoms with Gasteiger partial charge in [-0.3, -0.25) is 0 Å². The first-order chi connectivity index (χ1) is 17.0. The molecule has 1 heterocycles. The van der Waals surface area contributed by atoms with Crippen LogP contribution in [0.3, 0.4) is 0 Å². The van der Waals surface area contributed by atoms with Crippen molar-refractivity contribution in [3.8, 4) is 11.4 Å². The summed E-state index contributed by atoms with van der Waals surface area (Å²) < 4.78 is 34.5. The number of hydrogen-bond donors (Lipinski definition) is 1. The number of benzene rings is 3. The Morgan fingerprint density at radius 1 is 0.842 bits per heavy atom. The fourth-order valence-electron chi connectivity index (χ4n) is 5.23. The first-order valence-corrected chi connectivity index (χ1v) is 13.7. The van der Waals surface area contributed by atoms with E-state index in [9.17, 15) is 18.1 Å². The number of hydrogen-bond acceptors (Lipinski definition) is 6. The molecule has 0 saturated carbocycles. The van der Waals surface area contributed by atoms with Gasteiger partial charge in [-0.15, -0.1) is 15.0 Å². The van der Waals surface area contributed by atoms with Crippen LogP contribution in [0.1, 0.15) is 71.6 Å². The number of phenolic OH excluding ortho intramolecular Hbond substituents is 1. The summed E-state index contributed by atoms with van der Waals surface area (Å²) in [5.41, 5.74) is 3.15. The third-order valence-corrected chi connectivity index (χ3v) is 7.70. The third-order valence-electron chi connectivity index (χ3n) is 6.87. The van der Waals surface area contributed by atoms with Crippen molar-refractivity contribution in [2.45, 2.75) is 70.6 Å². The molecule has 4 aromatic rings. The molecule has 3 aromatic carbocycles.